The molecule has 0 aliphatic carbocycles. The molecule has 5 nitrogen and oxygen atoms in total. The average molecular weight is 241 g/mol. The predicted molar refractivity (Wildman–Crippen MR) is 67.0 cm³/mol. The summed E-state index contributed by atoms with van der Waals surface area (Å²) in [7, 11) is 3.31. The second kappa shape index (κ2) is 6.02. The molecule has 0 saturated carbocycles. The van der Waals surface area contributed by atoms with E-state index in [9.17, 15) is 0 Å². The first-order valence-corrected chi connectivity index (χ1v) is 5.94. The zero-order valence-electron chi connectivity index (χ0n) is 11.3. The van der Waals surface area contributed by atoms with E-state index in [-0.39, 0.29) is 12.1 Å². The third-order valence-corrected chi connectivity index (χ3v) is 2.96. The molecule has 0 radical (unpaired) electrons. The van der Waals surface area contributed by atoms with Crippen molar-refractivity contribution in [3.8, 4) is 5.75 Å². The number of methoxy groups -OCH3 is 2. The van der Waals surface area contributed by atoms with Crippen molar-refractivity contribution in [2.75, 3.05) is 14.2 Å². The summed E-state index contributed by atoms with van der Waals surface area (Å²) in [5, 5.41) is 4.26. The van der Waals surface area contributed by atoms with Crippen molar-refractivity contribution < 1.29 is 9.47 Å². The highest BCUT2D eigenvalue weighted by molar-refractivity contribution is 5.29. The molecule has 0 fully saturated rings. The number of aromatic nitrogens is 2. The van der Waals surface area contributed by atoms with Crippen molar-refractivity contribution in [1.82, 2.24) is 9.78 Å². The molecule has 1 heterocycles. The first-order chi connectivity index (χ1) is 8.06. The molecule has 2 atom stereocenters. The largest absolute Gasteiger partial charge is 0.493 e. The minimum atomic E-state index is -0.239. The van der Waals surface area contributed by atoms with Crippen LogP contribution in [0.3, 0.4) is 0 Å². The average Bonchev–Trinajstić information content (AvgIpc) is 2.71. The van der Waals surface area contributed by atoms with E-state index in [0.29, 0.717) is 5.92 Å². The summed E-state index contributed by atoms with van der Waals surface area (Å²) in [6.07, 6.45) is 1.65. The van der Waals surface area contributed by atoms with Crippen molar-refractivity contribution >= 4 is 0 Å². The van der Waals surface area contributed by atoms with Crippen LogP contribution >= 0.6 is 0 Å². The third kappa shape index (κ3) is 2.79. The lowest BCUT2D eigenvalue weighted by atomic mass is 9.97. The fourth-order valence-corrected chi connectivity index (χ4v) is 2.11. The maximum absolute atomic E-state index is 6.28. The highest BCUT2D eigenvalue weighted by Gasteiger charge is 2.28. The second-order valence-corrected chi connectivity index (χ2v) is 4.38. The fourth-order valence-electron chi connectivity index (χ4n) is 2.11. The van der Waals surface area contributed by atoms with Gasteiger partial charge in [0.05, 0.1) is 31.1 Å². The quantitative estimate of drug-likeness (QED) is 0.821. The molecule has 0 bridgehead atoms. The van der Waals surface area contributed by atoms with E-state index in [0.717, 1.165) is 18.0 Å². The van der Waals surface area contributed by atoms with Gasteiger partial charge in [0.25, 0.3) is 0 Å². The van der Waals surface area contributed by atoms with Crippen LogP contribution in [0.4, 0.5) is 0 Å². The molecule has 0 aliphatic heterocycles. The molecule has 0 aromatic carbocycles. The molecule has 0 aliphatic rings. The number of nitrogens with two attached hydrogens (primary N) is 1. The van der Waals surface area contributed by atoms with Crippen molar-refractivity contribution in [1.29, 1.82) is 0 Å². The van der Waals surface area contributed by atoms with Gasteiger partial charge in [0.1, 0.15) is 0 Å². The van der Waals surface area contributed by atoms with Gasteiger partial charge < -0.3 is 15.2 Å². The van der Waals surface area contributed by atoms with E-state index in [4.69, 9.17) is 15.2 Å². The number of hydrogen-bond donors (Lipinski definition) is 1. The molecule has 1 rings (SSSR count). The Kier molecular flexibility index (Phi) is 4.96. The van der Waals surface area contributed by atoms with Gasteiger partial charge in [-0.15, -0.1) is 0 Å². The van der Waals surface area contributed by atoms with Crippen molar-refractivity contribution in [2.24, 2.45) is 11.7 Å². The molecular weight excluding hydrogens is 218 g/mol. The molecule has 17 heavy (non-hydrogen) atoms. The maximum Gasteiger partial charge on any atom is 0.161 e. The van der Waals surface area contributed by atoms with Crippen LogP contribution in [0.1, 0.15) is 32.5 Å². The molecule has 98 valence electrons. The van der Waals surface area contributed by atoms with Crippen LogP contribution in [0.25, 0.3) is 0 Å². The Bertz CT molecular complexity index is 328. The lowest BCUT2D eigenvalue weighted by Crippen LogP contribution is -2.34. The van der Waals surface area contributed by atoms with Crippen molar-refractivity contribution in [3.63, 3.8) is 0 Å². The lowest BCUT2D eigenvalue weighted by molar-refractivity contribution is 0.0408. The second-order valence-electron chi connectivity index (χ2n) is 4.38. The van der Waals surface area contributed by atoms with Gasteiger partial charge in [-0.25, -0.2) is 0 Å². The predicted octanol–water partition coefficient (Wildman–Crippen LogP) is 1.58. The van der Waals surface area contributed by atoms with Crippen molar-refractivity contribution in [3.05, 3.63) is 11.9 Å². The Hall–Kier alpha value is -1.07. The number of nitrogens with zero attached hydrogens (tertiary/aromatic N) is 2. The summed E-state index contributed by atoms with van der Waals surface area (Å²) >= 11 is 0. The number of rotatable bonds is 6. The van der Waals surface area contributed by atoms with E-state index in [1.54, 1.807) is 20.4 Å². The van der Waals surface area contributed by atoms with Crippen LogP contribution in [0.15, 0.2) is 6.20 Å². The van der Waals surface area contributed by atoms with Crippen LogP contribution < -0.4 is 10.5 Å². The zero-order chi connectivity index (χ0) is 13.0. The molecule has 0 spiro atoms. The van der Waals surface area contributed by atoms with Gasteiger partial charge >= 0.3 is 0 Å². The van der Waals surface area contributed by atoms with Gasteiger partial charge in [-0.1, -0.05) is 13.8 Å². The summed E-state index contributed by atoms with van der Waals surface area (Å²) < 4.78 is 12.6. The maximum atomic E-state index is 6.28. The van der Waals surface area contributed by atoms with Crippen molar-refractivity contribution in [2.45, 2.75) is 39.5 Å². The summed E-state index contributed by atoms with van der Waals surface area (Å²) in [5.41, 5.74) is 7.18. The Balaban J connectivity index is 3.08. The summed E-state index contributed by atoms with van der Waals surface area (Å²) in [4.78, 5) is 0. The lowest BCUT2D eigenvalue weighted by Gasteiger charge is -2.26. The van der Waals surface area contributed by atoms with E-state index < -0.39 is 0 Å². The van der Waals surface area contributed by atoms with Crippen LogP contribution in [0, 0.1) is 5.92 Å². The smallest absolute Gasteiger partial charge is 0.161 e. The molecule has 0 saturated heterocycles. The number of aryl methyl sites for hydroxylation is 1. The van der Waals surface area contributed by atoms with E-state index >= 15 is 0 Å². The van der Waals surface area contributed by atoms with Gasteiger partial charge in [0.15, 0.2) is 5.75 Å². The summed E-state index contributed by atoms with van der Waals surface area (Å²) in [6.45, 7) is 6.97. The van der Waals surface area contributed by atoms with Gasteiger partial charge in [-0.2, -0.15) is 5.10 Å². The number of ether oxygens (including phenoxy) is 2. The Morgan fingerprint density at radius 1 is 1.41 bits per heavy atom. The molecule has 2 N–H and O–H groups in total. The Morgan fingerprint density at radius 2 is 2.06 bits per heavy atom. The monoisotopic (exact) mass is 241 g/mol. The first-order valence-electron chi connectivity index (χ1n) is 5.94. The highest BCUT2D eigenvalue weighted by atomic mass is 16.5. The fraction of sp³-hybridized carbons (Fsp3) is 0.750. The molecule has 1 aromatic rings. The highest BCUT2D eigenvalue weighted by Crippen LogP contribution is 2.29. The van der Waals surface area contributed by atoms with E-state index in [1.165, 1.54) is 0 Å². The molecular formula is C12H23N3O2. The minimum absolute atomic E-state index is 0.0501. The standard InChI is InChI=1S/C12H23N3O2/c1-6-15-11(9(16-4)7-14-15)10(13)12(17-5)8(2)3/h7-8,10,12H,6,13H2,1-5H3. The zero-order valence-corrected chi connectivity index (χ0v) is 11.3. The minimum Gasteiger partial charge on any atom is -0.493 e. The van der Waals surface area contributed by atoms with E-state index in [2.05, 4.69) is 18.9 Å². The Labute approximate surface area is 103 Å². The summed E-state index contributed by atoms with van der Waals surface area (Å²) in [5.74, 6) is 1.06. The van der Waals surface area contributed by atoms with Gasteiger partial charge in [-0.05, 0) is 12.8 Å². The van der Waals surface area contributed by atoms with Crippen LogP contribution in [0.2, 0.25) is 0 Å². The molecule has 2 unspecified atom stereocenters. The Morgan fingerprint density at radius 3 is 2.47 bits per heavy atom. The first kappa shape index (κ1) is 14.0. The van der Waals surface area contributed by atoms with Gasteiger partial charge in [0.2, 0.25) is 0 Å². The molecule has 0 amide bonds. The third-order valence-electron chi connectivity index (χ3n) is 2.96. The normalized spacial score (nSPS) is 15.0. The van der Waals surface area contributed by atoms with E-state index in [1.807, 2.05) is 11.6 Å². The van der Waals surface area contributed by atoms with Crippen LogP contribution in [0.5, 0.6) is 5.75 Å². The molecule has 1 aromatic heterocycles. The van der Waals surface area contributed by atoms with Gasteiger partial charge in [0, 0.05) is 13.7 Å². The van der Waals surface area contributed by atoms with Crippen LogP contribution in [-0.4, -0.2) is 30.1 Å². The van der Waals surface area contributed by atoms with Gasteiger partial charge in [-0.3, -0.25) is 4.68 Å². The summed E-state index contributed by atoms with van der Waals surface area (Å²) in [6, 6.07) is -0.239. The van der Waals surface area contributed by atoms with Crippen LogP contribution in [-0.2, 0) is 11.3 Å². The topological polar surface area (TPSA) is 62.3 Å². The number of hydrogen-bond acceptors (Lipinski definition) is 4. The molecule has 5 heteroatoms. The SMILES string of the molecule is CCn1ncc(OC)c1C(N)C(OC)C(C)C.